The van der Waals surface area contributed by atoms with E-state index in [0.29, 0.717) is 6.04 Å². The van der Waals surface area contributed by atoms with Crippen molar-refractivity contribution in [2.75, 3.05) is 4.90 Å². The molecule has 0 saturated heterocycles. The van der Waals surface area contributed by atoms with Crippen LogP contribution in [0.2, 0.25) is 0 Å². The van der Waals surface area contributed by atoms with E-state index in [9.17, 15) is 0 Å². The minimum Gasteiger partial charge on any atom is -0.338 e. The second kappa shape index (κ2) is 4.12. The highest BCUT2D eigenvalue weighted by molar-refractivity contribution is 5.73. The number of nitrogens with zero attached hydrogens (tertiary/aromatic N) is 1. The second-order valence-electron chi connectivity index (χ2n) is 5.87. The molecule has 1 fully saturated rings. The van der Waals surface area contributed by atoms with E-state index < -0.39 is 0 Å². The molecule has 0 N–H and O–H groups in total. The van der Waals surface area contributed by atoms with Crippen molar-refractivity contribution in [1.29, 1.82) is 0 Å². The lowest BCUT2D eigenvalue weighted by atomic mass is 9.98. The third-order valence-corrected chi connectivity index (χ3v) is 4.72. The molecule has 2 aromatic rings. The molecule has 96 valence electrons. The SMILES string of the molecule is Cc1ccc(N2c3ccccc3C3CCCC32)cc1. The maximum absolute atomic E-state index is 2.58. The molecule has 1 saturated carbocycles. The second-order valence-corrected chi connectivity index (χ2v) is 5.87. The van der Waals surface area contributed by atoms with Gasteiger partial charge in [0.15, 0.2) is 0 Å². The van der Waals surface area contributed by atoms with E-state index in [1.807, 2.05) is 0 Å². The summed E-state index contributed by atoms with van der Waals surface area (Å²) in [5.41, 5.74) is 5.68. The van der Waals surface area contributed by atoms with Crippen molar-refractivity contribution in [3.63, 3.8) is 0 Å². The lowest BCUT2D eigenvalue weighted by Gasteiger charge is -2.27. The molecule has 1 heterocycles. The van der Waals surface area contributed by atoms with Gasteiger partial charge in [0.25, 0.3) is 0 Å². The largest absolute Gasteiger partial charge is 0.338 e. The number of anilines is 2. The minimum absolute atomic E-state index is 0.681. The van der Waals surface area contributed by atoms with Crippen LogP contribution in [0, 0.1) is 6.92 Å². The predicted octanol–water partition coefficient (Wildman–Crippen LogP) is 4.78. The third kappa shape index (κ3) is 1.61. The number of hydrogen-bond acceptors (Lipinski definition) is 1. The monoisotopic (exact) mass is 249 g/mol. The van der Waals surface area contributed by atoms with Crippen LogP contribution in [0.4, 0.5) is 11.4 Å². The maximum Gasteiger partial charge on any atom is 0.0449 e. The molecule has 4 rings (SSSR count). The normalized spacial score (nSPS) is 24.4. The fourth-order valence-electron chi connectivity index (χ4n) is 3.85. The van der Waals surface area contributed by atoms with Gasteiger partial charge in [0.2, 0.25) is 0 Å². The van der Waals surface area contributed by atoms with Crippen molar-refractivity contribution in [3.8, 4) is 0 Å². The Hall–Kier alpha value is -1.76. The van der Waals surface area contributed by atoms with Crippen molar-refractivity contribution in [2.45, 2.75) is 38.1 Å². The molecule has 1 nitrogen and oxygen atoms in total. The average molecular weight is 249 g/mol. The summed E-state index contributed by atoms with van der Waals surface area (Å²) in [5, 5.41) is 0. The van der Waals surface area contributed by atoms with Crippen LogP contribution < -0.4 is 4.90 Å². The summed E-state index contributed by atoms with van der Waals surface area (Å²) in [4.78, 5) is 2.58. The van der Waals surface area contributed by atoms with E-state index in [4.69, 9.17) is 0 Å². The van der Waals surface area contributed by atoms with E-state index in [1.54, 1.807) is 5.56 Å². The predicted molar refractivity (Wildman–Crippen MR) is 80.1 cm³/mol. The van der Waals surface area contributed by atoms with Crippen LogP contribution >= 0.6 is 0 Å². The van der Waals surface area contributed by atoms with Gasteiger partial charge in [-0.15, -0.1) is 0 Å². The Balaban J connectivity index is 1.85. The molecule has 2 unspecified atom stereocenters. The summed E-state index contributed by atoms with van der Waals surface area (Å²) in [7, 11) is 0. The standard InChI is InChI=1S/C18H19N/c1-13-9-11-14(12-10-13)19-17-7-3-2-5-15(17)16-6-4-8-18(16)19/h2-3,5,7,9-12,16,18H,4,6,8H2,1H3. The smallest absolute Gasteiger partial charge is 0.0449 e. The molecule has 1 heteroatoms. The van der Waals surface area contributed by atoms with Gasteiger partial charge in [0.05, 0.1) is 0 Å². The first-order valence-electron chi connectivity index (χ1n) is 7.29. The highest BCUT2D eigenvalue weighted by Crippen LogP contribution is 2.51. The summed E-state index contributed by atoms with van der Waals surface area (Å²) in [6.45, 7) is 2.15. The first kappa shape index (κ1) is 11.1. The number of fused-ring (bicyclic) bond motifs is 3. The third-order valence-electron chi connectivity index (χ3n) is 4.72. The fraction of sp³-hybridized carbons (Fsp3) is 0.333. The van der Waals surface area contributed by atoms with Crippen LogP contribution in [-0.2, 0) is 0 Å². The quantitative estimate of drug-likeness (QED) is 0.703. The van der Waals surface area contributed by atoms with Crippen LogP contribution in [0.1, 0.15) is 36.3 Å². The van der Waals surface area contributed by atoms with Gasteiger partial charge in [0, 0.05) is 23.3 Å². The van der Waals surface area contributed by atoms with Gasteiger partial charge in [-0.3, -0.25) is 0 Å². The molecule has 0 radical (unpaired) electrons. The summed E-state index contributed by atoms with van der Waals surface area (Å²) >= 11 is 0. The molecule has 2 atom stereocenters. The Kier molecular flexibility index (Phi) is 2.41. The number of rotatable bonds is 1. The van der Waals surface area contributed by atoms with Crippen molar-refractivity contribution in [1.82, 2.24) is 0 Å². The summed E-state index contributed by atoms with van der Waals surface area (Å²) in [6, 6.07) is 18.6. The zero-order valence-electron chi connectivity index (χ0n) is 11.3. The first-order chi connectivity index (χ1) is 9.34. The van der Waals surface area contributed by atoms with Gasteiger partial charge in [-0.1, -0.05) is 42.3 Å². The molecule has 1 aliphatic heterocycles. The summed E-state index contributed by atoms with van der Waals surface area (Å²) < 4.78 is 0. The first-order valence-corrected chi connectivity index (χ1v) is 7.29. The Morgan fingerprint density at radius 1 is 0.947 bits per heavy atom. The van der Waals surface area contributed by atoms with E-state index in [2.05, 4.69) is 60.4 Å². The van der Waals surface area contributed by atoms with Crippen molar-refractivity contribution < 1.29 is 0 Å². The molecule has 2 aliphatic rings. The van der Waals surface area contributed by atoms with Crippen LogP contribution in [0.25, 0.3) is 0 Å². The molecule has 2 aromatic carbocycles. The van der Waals surface area contributed by atoms with Gasteiger partial charge in [0.1, 0.15) is 0 Å². The molecular weight excluding hydrogens is 230 g/mol. The zero-order chi connectivity index (χ0) is 12.8. The van der Waals surface area contributed by atoms with E-state index in [-0.39, 0.29) is 0 Å². The Morgan fingerprint density at radius 3 is 2.58 bits per heavy atom. The molecule has 0 bridgehead atoms. The highest BCUT2D eigenvalue weighted by atomic mass is 15.2. The van der Waals surface area contributed by atoms with Crippen molar-refractivity contribution >= 4 is 11.4 Å². The number of para-hydroxylation sites is 1. The molecule has 0 spiro atoms. The fourth-order valence-corrected chi connectivity index (χ4v) is 3.85. The average Bonchev–Trinajstić information content (AvgIpc) is 3.00. The molecule has 0 amide bonds. The highest BCUT2D eigenvalue weighted by Gasteiger charge is 2.41. The molecular formula is C18H19N. The van der Waals surface area contributed by atoms with Gasteiger partial charge in [-0.2, -0.15) is 0 Å². The van der Waals surface area contributed by atoms with Gasteiger partial charge in [-0.25, -0.2) is 0 Å². The Labute approximate surface area is 114 Å². The molecule has 19 heavy (non-hydrogen) atoms. The Morgan fingerprint density at radius 2 is 1.74 bits per heavy atom. The lowest BCUT2D eigenvalue weighted by molar-refractivity contribution is 0.642. The summed E-state index contributed by atoms with van der Waals surface area (Å²) in [6.07, 6.45) is 4.04. The van der Waals surface area contributed by atoms with Gasteiger partial charge in [-0.05, 0) is 43.5 Å². The van der Waals surface area contributed by atoms with E-state index in [1.165, 1.54) is 36.2 Å². The van der Waals surface area contributed by atoms with E-state index >= 15 is 0 Å². The zero-order valence-corrected chi connectivity index (χ0v) is 11.3. The molecule has 0 aromatic heterocycles. The van der Waals surface area contributed by atoms with Gasteiger partial charge < -0.3 is 4.90 Å². The minimum atomic E-state index is 0.681. The maximum atomic E-state index is 2.58. The van der Waals surface area contributed by atoms with Gasteiger partial charge >= 0.3 is 0 Å². The van der Waals surface area contributed by atoms with E-state index in [0.717, 1.165) is 5.92 Å². The van der Waals surface area contributed by atoms with Crippen molar-refractivity contribution in [3.05, 3.63) is 59.7 Å². The van der Waals surface area contributed by atoms with Crippen molar-refractivity contribution in [2.24, 2.45) is 0 Å². The number of benzene rings is 2. The Bertz CT molecular complexity index is 599. The molecule has 1 aliphatic carbocycles. The van der Waals surface area contributed by atoms with Crippen LogP contribution in [0.15, 0.2) is 48.5 Å². The van der Waals surface area contributed by atoms with Crippen LogP contribution in [-0.4, -0.2) is 6.04 Å². The van der Waals surface area contributed by atoms with Crippen LogP contribution in [0.5, 0.6) is 0 Å². The lowest BCUT2D eigenvalue weighted by Crippen LogP contribution is -2.26. The summed E-state index contributed by atoms with van der Waals surface area (Å²) in [5.74, 6) is 0.748. The number of hydrogen-bond donors (Lipinski definition) is 0. The topological polar surface area (TPSA) is 3.24 Å². The number of aryl methyl sites for hydroxylation is 1. The van der Waals surface area contributed by atoms with Crippen LogP contribution in [0.3, 0.4) is 0 Å².